The van der Waals surface area contributed by atoms with Gasteiger partial charge in [0.15, 0.2) is 5.96 Å². The molecule has 4 heteroatoms. The van der Waals surface area contributed by atoms with Crippen LogP contribution in [0.4, 0.5) is 0 Å². The first kappa shape index (κ1) is 16.3. The molecule has 0 amide bonds. The second-order valence-electron chi connectivity index (χ2n) is 6.78. The number of hydrogen-bond acceptors (Lipinski definition) is 2. The topological polar surface area (TPSA) is 36.9 Å². The number of ether oxygens (including phenoxy) is 1. The van der Waals surface area contributed by atoms with Crippen LogP contribution in [0, 0.1) is 11.8 Å². The van der Waals surface area contributed by atoms with Crippen LogP contribution in [0.3, 0.4) is 0 Å². The number of aliphatic imine (C=N–C) groups is 1. The number of rotatable bonds is 7. The summed E-state index contributed by atoms with van der Waals surface area (Å²) in [5, 5.41) is 3.44. The lowest BCUT2D eigenvalue weighted by Crippen LogP contribution is -2.41. The smallest absolute Gasteiger partial charge is 0.193 e. The number of hydrogen-bond donors (Lipinski definition) is 1. The summed E-state index contributed by atoms with van der Waals surface area (Å²) in [6.07, 6.45) is 5.12. The molecule has 0 bridgehead atoms. The Bertz CT molecular complexity index is 499. The van der Waals surface area contributed by atoms with Crippen molar-refractivity contribution in [2.75, 3.05) is 39.9 Å². The Labute approximate surface area is 139 Å². The van der Waals surface area contributed by atoms with Crippen molar-refractivity contribution in [3.8, 4) is 0 Å². The first-order valence-corrected chi connectivity index (χ1v) is 8.92. The number of benzene rings is 1. The van der Waals surface area contributed by atoms with E-state index in [1.807, 2.05) is 7.05 Å². The molecule has 23 heavy (non-hydrogen) atoms. The van der Waals surface area contributed by atoms with Crippen molar-refractivity contribution in [3.63, 3.8) is 0 Å². The Kier molecular flexibility index (Phi) is 5.92. The Morgan fingerprint density at radius 3 is 2.78 bits per heavy atom. The molecule has 4 nitrogen and oxygen atoms in total. The van der Waals surface area contributed by atoms with Crippen molar-refractivity contribution in [3.05, 3.63) is 35.9 Å². The van der Waals surface area contributed by atoms with Crippen LogP contribution < -0.4 is 5.32 Å². The van der Waals surface area contributed by atoms with E-state index in [2.05, 4.69) is 45.5 Å². The molecular formula is C19H29N3O. The van der Waals surface area contributed by atoms with Crippen LogP contribution in [0.2, 0.25) is 0 Å². The van der Waals surface area contributed by atoms with Crippen molar-refractivity contribution < 1.29 is 4.74 Å². The first-order valence-electron chi connectivity index (χ1n) is 8.92. The summed E-state index contributed by atoms with van der Waals surface area (Å²) in [4.78, 5) is 6.82. The van der Waals surface area contributed by atoms with Crippen LogP contribution in [0.1, 0.15) is 24.8 Å². The van der Waals surface area contributed by atoms with E-state index in [0.29, 0.717) is 0 Å². The predicted octanol–water partition coefficient (Wildman–Crippen LogP) is 2.55. The highest BCUT2D eigenvalue weighted by molar-refractivity contribution is 5.80. The molecule has 0 aromatic heterocycles. The minimum Gasteiger partial charge on any atom is -0.379 e. The Hall–Kier alpha value is -1.55. The van der Waals surface area contributed by atoms with Gasteiger partial charge in [-0.2, -0.15) is 0 Å². The average molecular weight is 315 g/mol. The molecule has 1 aliphatic carbocycles. The lowest BCUT2D eigenvalue weighted by Gasteiger charge is -2.21. The fourth-order valence-corrected chi connectivity index (χ4v) is 3.24. The molecular weight excluding hydrogens is 286 g/mol. The summed E-state index contributed by atoms with van der Waals surface area (Å²) in [5.41, 5.74) is 1.44. The number of nitrogens with zero attached hydrogens (tertiary/aromatic N) is 2. The van der Waals surface area contributed by atoms with Crippen LogP contribution in [0.5, 0.6) is 0 Å². The van der Waals surface area contributed by atoms with Crippen molar-refractivity contribution in [2.45, 2.75) is 25.7 Å². The predicted molar refractivity (Wildman–Crippen MR) is 94.7 cm³/mol. The van der Waals surface area contributed by atoms with Gasteiger partial charge in [-0.1, -0.05) is 30.3 Å². The SMILES string of the molecule is CN=C(NCCOCC1CC1)N1CCC(Cc2ccccc2)C1. The van der Waals surface area contributed by atoms with E-state index in [9.17, 15) is 0 Å². The summed E-state index contributed by atoms with van der Waals surface area (Å²) >= 11 is 0. The third kappa shape index (κ3) is 5.24. The highest BCUT2D eigenvalue weighted by Gasteiger charge is 2.25. The molecule has 1 atom stereocenters. The Balaban J connectivity index is 1.37. The van der Waals surface area contributed by atoms with E-state index in [1.54, 1.807) is 0 Å². The summed E-state index contributed by atoms with van der Waals surface area (Å²) < 4.78 is 5.68. The van der Waals surface area contributed by atoms with E-state index in [4.69, 9.17) is 4.74 Å². The summed E-state index contributed by atoms with van der Waals surface area (Å²) in [7, 11) is 1.87. The molecule has 0 radical (unpaired) electrons. The van der Waals surface area contributed by atoms with Gasteiger partial charge in [0.25, 0.3) is 0 Å². The van der Waals surface area contributed by atoms with E-state index in [-0.39, 0.29) is 0 Å². The number of nitrogens with one attached hydrogen (secondary N) is 1. The summed E-state index contributed by atoms with van der Waals surface area (Å²) in [5.74, 6) is 2.59. The summed E-state index contributed by atoms with van der Waals surface area (Å²) in [6, 6.07) is 10.8. The first-order chi connectivity index (χ1) is 11.3. The maximum atomic E-state index is 5.68. The normalized spacial score (nSPS) is 21.7. The highest BCUT2D eigenvalue weighted by Crippen LogP contribution is 2.28. The van der Waals surface area contributed by atoms with Crippen LogP contribution >= 0.6 is 0 Å². The largest absolute Gasteiger partial charge is 0.379 e. The van der Waals surface area contributed by atoms with Gasteiger partial charge in [0, 0.05) is 33.3 Å². The lowest BCUT2D eigenvalue weighted by atomic mass is 9.99. The van der Waals surface area contributed by atoms with Crippen LogP contribution in [-0.2, 0) is 11.2 Å². The maximum absolute atomic E-state index is 5.68. The van der Waals surface area contributed by atoms with E-state index >= 15 is 0 Å². The zero-order chi connectivity index (χ0) is 15.9. The molecule has 1 heterocycles. The zero-order valence-corrected chi connectivity index (χ0v) is 14.2. The van der Waals surface area contributed by atoms with Gasteiger partial charge in [-0.05, 0) is 43.1 Å². The second-order valence-corrected chi connectivity index (χ2v) is 6.78. The van der Waals surface area contributed by atoms with Crippen LogP contribution in [0.25, 0.3) is 0 Å². The van der Waals surface area contributed by atoms with E-state index in [1.165, 1.54) is 31.2 Å². The van der Waals surface area contributed by atoms with Gasteiger partial charge in [-0.15, -0.1) is 0 Å². The molecule has 2 aliphatic rings. The van der Waals surface area contributed by atoms with Crippen molar-refractivity contribution >= 4 is 5.96 Å². The molecule has 1 N–H and O–H groups in total. The molecule has 3 rings (SSSR count). The third-order valence-electron chi connectivity index (χ3n) is 4.74. The maximum Gasteiger partial charge on any atom is 0.193 e. The Morgan fingerprint density at radius 1 is 1.22 bits per heavy atom. The minimum absolute atomic E-state index is 0.724. The molecule has 0 spiro atoms. The number of guanidine groups is 1. The van der Waals surface area contributed by atoms with Gasteiger partial charge in [-0.25, -0.2) is 0 Å². The zero-order valence-electron chi connectivity index (χ0n) is 14.2. The second kappa shape index (κ2) is 8.34. The highest BCUT2D eigenvalue weighted by atomic mass is 16.5. The molecule has 2 fully saturated rings. The molecule has 1 saturated carbocycles. The molecule has 1 aliphatic heterocycles. The van der Waals surface area contributed by atoms with Crippen molar-refractivity contribution in [1.29, 1.82) is 0 Å². The Morgan fingerprint density at radius 2 is 2.04 bits per heavy atom. The monoisotopic (exact) mass is 315 g/mol. The van der Waals surface area contributed by atoms with Crippen molar-refractivity contribution in [2.24, 2.45) is 16.8 Å². The quantitative estimate of drug-likeness (QED) is 0.477. The molecule has 1 saturated heterocycles. The van der Waals surface area contributed by atoms with Crippen molar-refractivity contribution in [1.82, 2.24) is 10.2 Å². The lowest BCUT2D eigenvalue weighted by molar-refractivity contribution is 0.128. The van der Waals surface area contributed by atoms with Gasteiger partial charge in [-0.3, -0.25) is 4.99 Å². The van der Waals surface area contributed by atoms with Gasteiger partial charge in [0.05, 0.1) is 6.61 Å². The minimum atomic E-state index is 0.724. The van der Waals surface area contributed by atoms with E-state index in [0.717, 1.165) is 50.6 Å². The molecule has 126 valence electrons. The van der Waals surface area contributed by atoms with Gasteiger partial charge >= 0.3 is 0 Å². The van der Waals surface area contributed by atoms with Gasteiger partial charge < -0.3 is 15.0 Å². The third-order valence-corrected chi connectivity index (χ3v) is 4.74. The molecule has 1 unspecified atom stereocenters. The van der Waals surface area contributed by atoms with Gasteiger partial charge in [0.2, 0.25) is 0 Å². The van der Waals surface area contributed by atoms with Crippen LogP contribution in [0.15, 0.2) is 35.3 Å². The standard InChI is InChI=1S/C19H29N3O/c1-20-19(21-10-12-23-15-17-7-8-17)22-11-9-18(14-22)13-16-5-3-2-4-6-16/h2-6,17-18H,7-15H2,1H3,(H,20,21). The van der Waals surface area contributed by atoms with Crippen LogP contribution in [-0.4, -0.2) is 50.8 Å². The molecule has 1 aromatic carbocycles. The van der Waals surface area contributed by atoms with E-state index < -0.39 is 0 Å². The average Bonchev–Trinajstić information content (AvgIpc) is 3.30. The van der Waals surface area contributed by atoms with Gasteiger partial charge in [0.1, 0.15) is 0 Å². The fraction of sp³-hybridized carbons (Fsp3) is 0.632. The molecule has 1 aromatic rings. The summed E-state index contributed by atoms with van der Waals surface area (Å²) in [6.45, 7) is 4.75. The number of likely N-dealkylation sites (tertiary alicyclic amines) is 1. The fourth-order valence-electron chi connectivity index (χ4n) is 3.24.